The van der Waals surface area contributed by atoms with Crippen molar-refractivity contribution in [3.05, 3.63) is 36.1 Å². The molecule has 0 spiro atoms. The highest BCUT2D eigenvalue weighted by Gasteiger charge is 2.38. The average molecular weight is 256 g/mol. The summed E-state index contributed by atoms with van der Waals surface area (Å²) in [5.74, 6) is 1.36. The van der Waals surface area contributed by atoms with Gasteiger partial charge in [-0.2, -0.15) is 0 Å². The number of fused-ring (bicyclic) bond motifs is 2. The average Bonchev–Trinajstić information content (AvgIpc) is 3.11. The van der Waals surface area contributed by atoms with Crippen molar-refractivity contribution >= 4 is 16.9 Å². The number of nitrogens with one attached hydrogen (secondary N) is 1. The largest absolute Gasteiger partial charge is 0.463 e. The Hall–Kier alpha value is -1.81. The van der Waals surface area contributed by atoms with Crippen LogP contribution in [0.3, 0.4) is 0 Å². The van der Waals surface area contributed by atoms with Gasteiger partial charge in [-0.15, -0.1) is 0 Å². The molecule has 19 heavy (non-hydrogen) atoms. The molecule has 2 atom stereocenters. The van der Waals surface area contributed by atoms with Gasteiger partial charge in [0.2, 0.25) is 0 Å². The van der Waals surface area contributed by atoms with Crippen LogP contribution in [-0.2, 0) is 0 Å². The van der Waals surface area contributed by atoms with Crippen LogP contribution in [0.25, 0.3) is 11.0 Å². The van der Waals surface area contributed by atoms with Crippen LogP contribution >= 0.6 is 0 Å². The van der Waals surface area contributed by atoms with Gasteiger partial charge in [-0.3, -0.25) is 4.79 Å². The minimum Gasteiger partial charge on any atom is -0.463 e. The molecule has 1 amide bonds. The lowest BCUT2D eigenvalue weighted by Crippen LogP contribution is -2.31. The molecular weight excluding hydrogens is 240 g/mol. The van der Waals surface area contributed by atoms with Crippen LogP contribution in [0.5, 0.6) is 0 Å². The Labute approximate surface area is 111 Å². The van der Waals surface area contributed by atoms with Gasteiger partial charge in [0.15, 0.2) is 0 Å². The quantitative estimate of drug-likeness (QED) is 0.845. The molecule has 0 saturated carbocycles. The van der Waals surface area contributed by atoms with Gasteiger partial charge >= 0.3 is 0 Å². The first kappa shape index (κ1) is 11.1. The third-order valence-corrected chi connectivity index (χ3v) is 4.39. The van der Waals surface area contributed by atoms with E-state index in [1.54, 1.807) is 6.26 Å². The first-order valence-electron chi connectivity index (χ1n) is 6.79. The van der Waals surface area contributed by atoms with Crippen LogP contribution in [0.1, 0.15) is 10.4 Å². The summed E-state index contributed by atoms with van der Waals surface area (Å²) in [6, 6.07) is 7.71. The van der Waals surface area contributed by atoms with Crippen LogP contribution in [-0.4, -0.2) is 37.0 Å². The lowest BCUT2D eigenvalue weighted by molar-refractivity contribution is 0.0782. The minimum atomic E-state index is 0.111. The molecule has 0 unspecified atom stereocenters. The molecule has 1 aromatic carbocycles. The number of furan rings is 1. The maximum Gasteiger partial charge on any atom is 0.257 e. The second kappa shape index (κ2) is 4.10. The maximum atomic E-state index is 12.6. The van der Waals surface area contributed by atoms with Crippen molar-refractivity contribution in [3.8, 4) is 0 Å². The number of carbonyl (C=O) groups is 1. The number of para-hydroxylation sites is 1. The number of hydrogen-bond donors (Lipinski definition) is 1. The van der Waals surface area contributed by atoms with Gasteiger partial charge in [-0.1, -0.05) is 18.2 Å². The summed E-state index contributed by atoms with van der Waals surface area (Å²) in [7, 11) is 0. The fourth-order valence-corrected chi connectivity index (χ4v) is 3.33. The molecule has 0 aliphatic carbocycles. The summed E-state index contributed by atoms with van der Waals surface area (Å²) < 4.78 is 5.46. The molecule has 1 N–H and O–H groups in total. The molecule has 0 bridgehead atoms. The van der Waals surface area contributed by atoms with Crippen LogP contribution in [0.15, 0.2) is 34.9 Å². The number of rotatable bonds is 1. The SMILES string of the molecule is O=C(c1coc2ccccc12)N1C[C@H]2CNC[C@H]2C1. The Morgan fingerprint density at radius 2 is 1.95 bits per heavy atom. The van der Waals surface area contributed by atoms with Crippen LogP contribution in [0.2, 0.25) is 0 Å². The molecule has 4 rings (SSSR count). The van der Waals surface area contributed by atoms with Crippen LogP contribution < -0.4 is 5.32 Å². The topological polar surface area (TPSA) is 45.5 Å². The molecule has 2 aliphatic heterocycles. The summed E-state index contributed by atoms with van der Waals surface area (Å²) in [4.78, 5) is 14.6. The zero-order chi connectivity index (χ0) is 12.8. The fourth-order valence-electron chi connectivity index (χ4n) is 3.33. The van der Waals surface area contributed by atoms with E-state index in [0.717, 1.165) is 37.1 Å². The van der Waals surface area contributed by atoms with E-state index in [0.29, 0.717) is 17.4 Å². The molecule has 2 aliphatic rings. The van der Waals surface area contributed by atoms with E-state index in [1.165, 1.54) is 0 Å². The number of nitrogens with zero attached hydrogens (tertiary/aromatic N) is 1. The van der Waals surface area contributed by atoms with E-state index in [-0.39, 0.29) is 5.91 Å². The van der Waals surface area contributed by atoms with Crippen molar-refractivity contribution in [2.45, 2.75) is 0 Å². The summed E-state index contributed by atoms with van der Waals surface area (Å²) in [6.45, 7) is 3.83. The third kappa shape index (κ3) is 1.67. The number of carbonyl (C=O) groups excluding carboxylic acids is 1. The monoisotopic (exact) mass is 256 g/mol. The van der Waals surface area contributed by atoms with Crippen molar-refractivity contribution < 1.29 is 9.21 Å². The number of hydrogen-bond acceptors (Lipinski definition) is 3. The van der Waals surface area contributed by atoms with Crippen molar-refractivity contribution in [3.63, 3.8) is 0 Å². The Balaban J connectivity index is 1.64. The van der Waals surface area contributed by atoms with Gasteiger partial charge in [0.1, 0.15) is 11.8 Å². The minimum absolute atomic E-state index is 0.111. The van der Waals surface area contributed by atoms with Crippen molar-refractivity contribution in [2.24, 2.45) is 11.8 Å². The molecule has 4 heteroatoms. The van der Waals surface area contributed by atoms with Gasteiger partial charge < -0.3 is 14.6 Å². The van der Waals surface area contributed by atoms with Gasteiger partial charge in [-0.05, 0) is 17.9 Å². The predicted octanol–water partition coefficient (Wildman–Crippen LogP) is 1.72. The highest BCUT2D eigenvalue weighted by Crippen LogP contribution is 2.29. The van der Waals surface area contributed by atoms with E-state index >= 15 is 0 Å². The van der Waals surface area contributed by atoms with Crippen LogP contribution in [0, 0.1) is 11.8 Å². The van der Waals surface area contributed by atoms with Gasteiger partial charge in [-0.25, -0.2) is 0 Å². The first-order valence-corrected chi connectivity index (χ1v) is 6.79. The van der Waals surface area contributed by atoms with Crippen molar-refractivity contribution in [1.29, 1.82) is 0 Å². The molecule has 2 fully saturated rings. The summed E-state index contributed by atoms with van der Waals surface area (Å²) in [5, 5.41) is 4.31. The second-order valence-electron chi connectivity index (χ2n) is 5.53. The molecule has 4 nitrogen and oxygen atoms in total. The second-order valence-corrected chi connectivity index (χ2v) is 5.53. The Bertz CT molecular complexity index is 622. The first-order chi connectivity index (χ1) is 9.33. The van der Waals surface area contributed by atoms with Crippen molar-refractivity contribution in [2.75, 3.05) is 26.2 Å². The molecule has 3 heterocycles. The standard InChI is InChI=1S/C15H16N2O2/c18-15(17-7-10-5-16-6-11(10)8-17)13-9-19-14-4-2-1-3-12(13)14/h1-4,9-11,16H,5-8H2/t10-,11+. The summed E-state index contributed by atoms with van der Waals surface area (Å²) >= 11 is 0. The maximum absolute atomic E-state index is 12.6. The lowest BCUT2D eigenvalue weighted by Gasteiger charge is -2.16. The Morgan fingerprint density at radius 3 is 2.74 bits per heavy atom. The number of likely N-dealkylation sites (tertiary alicyclic amines) is 1. The summed E-state index contributed by atoms with van der Waals surface area (Å²) in [6.07, 6.45) is 1.60. The van der Waals surface area contributed by atoms with Gasteiger partial charge in [0.05, 0.1) is 5.56 Å². The van der Waals surface area contributed by atoms with Crippen LogP contribution in [0.4, 0.5) is 0 Å². The Kier molecular flexibility index (Phi) is 2.38. The zero-order valence-electron chi connectivity index (χ0n) is 10.6. The Morgan fingerprint density at radius 1 is 1.21 bits per heavy atom. The molecule has 98 valence electrons. The van der Waals surface area contributed by atoms with Gasteiger partial charge in [0, 0.05) is 31.6 Å². The molecule has 2 aromatic rings. The fraction of sp³-hybridized carbons (Fsp3) is 0.400. The van der Waals surface area contributed by atoms with E-state index in [9.17, 15) is 4.79 Å². The van der Waals surface area contributed by atoms with E-state index in [2.05, 4.69) is 5.32 Å². The predicted molar refractivity (Wildman–Crippen MR) is 72.0 cm³/mol. The number of amides is 1. The normalized spacial score (nSPS) is 26.0. The van der Waals surface area contributed by atoms with E-state index < -0.39 is 0 Å². The smallest absolute Gasteiger partial charge is 0.257 e. The zero-order valence-corrected chi connectivity index (χ0v) is 10.6. The molecule has 0 radical (unpaired) electrons. The lowest BCUT2D eigenvalue weighted by atomic mass is 10.0. The molecule has 1 aromatic heterocycles. The van der Waals surface area contributed by atoms with Gasteiger partial charge in [0.25, 0.3) is 5.91 Å². The highest BCUT2D eigenvalue weighted by atomic mass is 16.3. The molecular formula is C15H16N2O2. The highest BCUT2D eigenvalue weighted by molar-refractivity contribution is 6.06. The number of benzene rings is 1. The van der Waals surface area contributed by atoms with Crippen molar-refractivity contribution in [1.82, 2.24) is 10.2 Å². The third-order valence-electron chi connectivity index (χ3n) is 4.39. The van der Waals surface area contributed by atoms with E-state index in [1.807, 2.05) is 29.2 Å². The molecule has 2 saturated heterocycles. The van der Waals surface area contributed by atoms with E-state index in [4.69, 9.17) is 4.42 Å². The summed E-state index contributed by atoms with van der Waals surface area (Å²) in [5.41, 5.74) is 1.48.